The number of sulfonamides is 1. The Kier molecular flexibility index (Phi) is 6.09. The van der Waals surface area contributed by atoms with E-state index in [-0.39, 0.29) is 6.54 Å². The fourth-order valence-corrected chi connectivity index (χ4v) is 2.83. The maximum Gasteiger partial charge on any atom is 0.208 e. The van der Waals surface area contributed by atoms with Crippen molar-refractivity contribution in [1.29, 1.82) is 0 Å². The smallest absolute Gasteiger partial charge is 0.208 e. The third-order valence-corrected chi connectivity index (χ3v) is 4.49. The second-order valence-electron chi connectivity index (χ2n) is 5.73. The summed E-state index contributed by atoms with van der Waals surface area (Å²) >= 11 is 0. The summed E-state index contributed by atoms with van der Waals surface area (Å²) in [6, 6.07) is 6.02. The second-order valence-corrected chi connectivity index (χ2v) is 7.57. The van der Waals surface area contributed by atoms with Crippen molar-refractivity contribution in [3.05, 3.63) is 41.0 Å². The van der Waals surface area contributed by atoms with Gasteiger partial charge in [0.2, 0.25) is 10.0 Å². The van der Waals surface area contributed by atoms with E-state index in [0.29, 0.717) is 25.3 Å². The molecule has 24 heavy (non-hydrogen) atoms. The van der Waals surface area contributed by atoms with E-state index < -0.39 is 10.0 Å². The quantitative estimate of drug-likeness (QED) is 0.771. The van der Waals surface area contributed by atoms with E-state index in [9.17, 15) is 8.42 Å². The van der Waals surface area contributed by atoms with Gasteiger partial charge in [-0.15, -0.1) is 0 Å². The van der Waals surface area contributed by atoms with Crippen LogP contribution >= 0.6 is 0 Å². The molecule has 0 aliphatic heterocycles. The Morgan fingerprint density at radius 3 is 2.67 bits per heavy atom. The molecule has 0 aliphatic rings. The van der Waals surface area contributed by atoms with Crippen molar-refractivity contribution >= 4 is 10.0 Å². The highest BCUT2D eigenvalue weighted by atomic mass is 32.2. The molecule has 2 rings (SSSR count). The van der Waals surface area contributed by atoms with Crippen LogP contribution in [0.15, 0.2) is 18.2 Å². The molecule has 0 saturated carbocycles. The molecule has 0 radical (unpaired) electrons. The number of aromatic nitrogens is 3. The first-order valence-electron chi connectivity index (χ1n) is 7.77. The zero-order valence-corrected chi connectivity index (χ0v) is 15.4. The standard InChI is InChI=1S/C16H24N4O3S/c1-12-6-5-7-14(13(12)2)20-16(8-10-17-24(4,21)22)18-15(19-20)9-11-23-3/h5-7,17H,8-11H2,1-4H3. The zero-order valence-electron chi connectivity index (χ0n) is 14.5. The predicted molar refractivity (Wildman–Crippen MR) is 93.0 cm³/mol. The second kappa shape index (κ2) is 7.87. The Bertz CT molecular complexity index is 800. The van der Waals surface area contributed by atoms with Gasteiger partial charge in [-0.1, -0.05) is 12.1 Å². The molecule has 0 bridgehead atoms. The molecule has 0 fully saturated rings. The molecule has 0 atom stereocenters. The minimum Gasteiger partial charge on any atom is -0.384 e. The van der Waals surface area contributed by atoms with Crippen LogP contribution in [0.1, 0.15) is 22.8 Å². The van der Waals surface area contributed by atoms with Crippen LogP contribution in [-0.4, -0.2) is 49.7 Å². The highest BCUT2D eigenvalue weighted by Crippen LogP contribution is 2.18. The third kappa shape index (κ3) is 4.86. The Morgan fingerprint density at radius 2 is 2.00 bits per heavy atom. The summed E-state index contributed by atoms with van der Waals surface area (Å²) in [6.45, 7) is 4.91. The Morgan fingerprint density at radius 1 is 1.25 bits per heavy atom. The van der Waals surface area contributed by atoms with E-state index in [4.69, 9.17) is 4.74 Å². The maximum atomic E-state index is 11.3. The van der Waals surface area contributed by atoms with Crippen molar-refractivity contribution in [2.45, 2.75) is 26.7 Å². The van der Waals surface area contributed by atoms with Gasteiger partial charge < -0.3 is 4.74 Å². The molecular formula is C16H24N4O3S. The summed E-state index contributed by atoms with van der Waals surface area (Å²) < 4.78 is 31.9. The van der Waals surface area contributed by atoms with Crippen LogP contribution in [-0.2, 0) is 27.6 Å². The largest absolute Gasteiger partial charge is 0.384 e. The van der Waals surface area contributed by atoms with Crippen molar-refractivity contribution in [3.63, 3.8) is 0 Å². The van der Waals surface area contributed by atoms with Gasteiger partial charge in [0.25, 0.3) is 0 Å². The van der Waals surface area contributed by atoms with Crippen molar-refractivity contribution in [3.8, 4) is 5.69 Å². The lowest BCUT2D eigenvalue weighted by Gasteiger charge is -2.11. The molecule has 0 saturated heterocycles. The monoisotopic (exact) mass is 352 g/mol. The number of methoxy groups -OCH3 is 1. The average Bonchev–Trinajstić information content (AvgIpc) is 2.89. The molecule has 2 aromatic rings. The van der Waals surface area contributed by atoms with E-state index in [1.165, 1.54) is 5.56 Å². The van der Waals surface area contributed by atoms with Gasteiger partial charge in [0, 0.05) is 26.5 Å². The first kappa shape index (κ1) is 18.6. The SMILES string of the molecule is COCCc1nc(CCNS(C)(=O)=O)n(-c2cccc(C)c2C)n1. The van der Waals surface area contributed by atoms with E-state index in [1.54, 1.807) is 11.8 Å². The number of nitrogens with zero attached hydrogens (tertiary/aromatic N) is 3. The third-order valence-electron chi connectivity index (χ3n) is 3.76. The molecule has 1 aromatic carbocycles. The number of benzene rings is 1. The van der Waals surface area contributed by atoms with E-state index in [2.05, 4.69) is 14.8 Å². The lowest BCUT2D eigenvalue weighted by molar-refractivity contribution is 0.200. The van der Waals surface area contributed by atoms with Crippen molar-refractivity contribution < 1.29 is 13.2 Å². The number of aryl methyl sites for hydroxylation is 1. The van der Waals surface area contributed by atoms with Gasteiger partial charge in [0.15, 0.2) is 5.82 Å². The lowest BCUT2D eigenvalue weighted by Crippen LogP contribution is -2.25. The predicted octanol–water partition coefficient (Wildman–Crippen LogP) is 1.16. The number of ether oxygens (including phenoxy) is 1. The molecular weight excluding hydrogens is 328 g/mol. The zero-order chi connectivity index (χ0) is 17.7. The average molecular weight is 352 g/mol. The van der Waals surface area contributed by atoms with Crippen LogP contribution in [0.4, 0.5) is 0 Å². The number of hydrogen-bond acceptors (Lipinski definition) is 5. The minimum atomic E-state index is -3.22. The van der Waals surface area contributed by atoms with E-state index in [0.717, 1.165) is 23.3 Å². The number of nitrogens with one attached hydrogen (secondary N) is 1. The van der Waals surface area contributed by atoms with Crippen molar-refractivity contribution in [1.82, 2.24) is 19.5 Å². The molecule has 1 heterocycles. The lowest BCUT2D eigenvalue weighted by atomic mass is 10.1. The maximum absolute atomic E-state index is 11.3. The minimum absolute atomic E-state index is 0.284. The summed E-state index contributed by atoms with van der Waals surface area (Å²) in [5.41, 5.74) is 3.25. The first-order chi connectivity index (χ1) is 11.3. The molecule has 0 unspecified atom stereocenters. The van der Waals surface area contributed by atoms with Crippen LogP contribution in [0.2, 0.25) is 0 Å². The van der Waals surface area contributed by atoms with Crippen molar-refractivity contribution in [2.75, 3.05) is 26.5 Å². The number of hydrogen-bond donors (Lipinski definition) is 1. The highest BCUT2D eigenvalue weighted by Gasteiger charge is 2.14. The van der Waals surface area contributed by atoms with Crippen LogP contribution < -0.4 is 4.72 Å². The molecule has 0 spiro atoms. The molecule has 7 nitrogen and oxygen atoms in total. The van der Waals surface area contributed by atoms with Crippen LogP contribution in [0.5, 0.6) is 0 Å². The van der Waals surface area contributed by atoms with Gasteiger partial charge in [0.05, 0.1) is 18.6 Å². The fraction of sp³-hybridized carbons (Fsp3) is 0.500. The molecule has 8 heteroatoms. The van der Waals surface area contributed by atoms with Crippen LogP contribution in [0.25, 0.3) is 5.69 Å². The normalized spacial score (nSPS) is 11.8. The van der Waals surface area contributed by atoms with Gasteiger partial charge in [-0.2, -0.15) is 5.10 Å². The fourth-order valence-electron chi connectivity index (χ4n) is 2.36. The van der Waals surface area contributed by atoms with Gasteiger partial charge in [-0.25, -0.2) is 22.8 Å². The van der Waals surface area contributed by atoms with Gasteiger partial charge >= 0.3 is 0 Å². The summed E-state index contributed by atoms with van der Waals surface area (Å²) in [5.74, 6) is 1.41. The molecule has 0 aliphatic carbocycles. The summed E-state index contributed by atoms with van der Waals surface area (Å²) in [5, 5.41) is 4.58. The molecule has 132 valence electrons. The number of rotatable bonds is 8. The van der Waals surface area contributed by atoms with Crippen LogP contribution in [0, 0.1) is 13.8 Å². The Labute approximate surface area is 143 Å². The van der Waals surface area contributed by atoms with Gasteiger partial charge in [-0.3, -0.25) is 0 Å². The summed E-state index contributed by atoms with van der Waals surface area (Å²) in [4.78, 5) is 4.55. The topological polar surface area (TPSA) is 86.1 Å². The van der Waals surface area contributed by atoms with Crippen molar-refractivity contribution in [2.24, 2.45) is 0 Å². The Balaban J connectivity index is 2.33. The molecule has 1 N–H and O–H groups in total. The molecule has 0 amide bonds. The van der Waals surface area contributed by atoms with E-state index >= 15 is 0 Å². The molecule has 1 aromatic heterocycles. The summed E-state index contributed by atoms with van der Waals surface area (Å²) in [7, 11) is -1.58. The van der Waals surface area contributed by atoms with Gasteiger partial charge in [0.1, 0.15) is 5.82 Å². The van der Waals surface area contributed by atoms with Gasteiger partial charge in [-0.05, 0) is 31.0 Å². The highest BCUT2D eigenvalue weighted by molar-refractivity contribution is 7.88. The summed E-state index contributed by atoms with van der Waals surface area (Å²) in [6.07, 6.45) is 2.22. The van der Waals surface area contributed by atoms with E-state index in [1.807, 2.05) is 32.0 Å². The Hall–Kier alpha value is -1.77. The first-order valence-corrected chi connectivity index (χ1v) is 9.66. The van der Waals surface area contributed by atoms with Crippen LogP contribution in [0.3, 0.4) is 0 Å².